The van der Waals surface area contributed by atoms with E-state index in [1.807, 2.05) is 60.8 Å². The molecule has 0 fully saturated rings. The Balaban J connectivity index is 0.000000281. The van der Waals surface area contributed by atoms with Crippen LogP contribution in [0.3, 0.4) is 0 Å². The predicted octanol–water partition coefficient (Wildman–Crippen LogP) is 11.1. The fourth-order valence-electron chi connectivity index (χ4n) is 6.52. The zero-order valence-electron chi connectivity index (χ0n) is 28.6. The van der Waals surface area contributed by atoms with E-state index in [0.29, 0.717) is 5.71 Å². The van der Waals surface area contributed by atoms with Crippen LogP contribution in [0, 0.1) is 39.8 Å². The molecule has 0 amide bonds. The molecule has 0 atom stereocenters. The van der Waals surface area contributed by atoms with E-state index in [9.17, 15) is 0 Å². The normalized spacial score (nSPS) is 10.8. The van der Waals surface area contributed by atoms with Gasteiger partial charge >= 0.3 is 0 Å². The SMILES string of the molecule is Cc1cc(C)c(-c2cc(-c3[c-]ccc4c3oc3nc(CCc5ccccc5)ccc34)ncc2C)c(C)c1.[Ir].[c-]1ccccc1-c1ccccn1. The maximum Gasteiger partial charge on any atom is 0.216 e. The van der Waals surface area contributed by atoms with Crippen LogP contribution in [-0.2, 0) is 32.9 Å². The van der Waals surface area contributed by atoms with E-state index < -0.39 is 0 Å². The molecule has 0 unspecified atom stereocenters. The summed E-state index contributed by atoms with van der Waals surface area (Å²) >= 11 is 0. The van der Waals surface area contributed by atoms with Gasteiger partial charge in [0.05, 0.1) is 5.58 Å². The molecule has 1 radical (unpaired) electrons. The molecular formula is C45H37IrN3O-2. The monoisotopic (exact) mass is 828 g/mol. The van der Waals surface area contributed by atoms with Crippen LogP contribution in [-0.4, -0.2) is 15.0 Å². The van der Waals surface area contributed by atoms with E-state index >= 15 is 0 Å². The molecule has 0 aliphatic rings. The van der Waals surface area contributed by atoms with E-state index in [4.69, 9.17) is 14.4 Å². The van der Waals surface area contributed by atoms with E-state index in [-0.39, 0.29) is 20.1 Å². The molecule has 8 aromatic rings. The van der Waals surface area contributed by atoms with Gasteiger partial charge in [0.15, 0.2) is 0 Å². The van der Waals surface area contributed by atoms with Gasteiger partial charge in [0.2, 0.25) is 5.71 Å². The molecular weight excluding hydrogens is 791 g/mol. The van der Waals surface area contributed by atoms with Gasteiger partial charge < -0.3 is 14.4 Å². The van der Waals surface area contributed by atoms with E-state index in [2.05, 4.69) is 105 Å². The number of hydrogen-bond donors (Lipinski definition) is 0. The number of pyridine rings is 3. The third-order valence-electron chi connectivity index (χ3n) is 8.82. The maximum absolute atomic E-state index is 6.39. The van der Waals surface area contributed by atoms with Crippen LogP contribution in [0.15, 0.2) is 132 Å². The second kappa shape index (κ2) is 15.6. The third kappa shape index (κ3) is 7.50. The van der Waals surface area contributed by atoms with Crippen LogP contribution >= 0.6 is 0 Å². The number of rotatable bonds is 6. The van der Waals surface area contributed by atoms with Crippen LogP contribution in [0.1, 0.15) is 33.5 Å². The average molecular weight is 828 g/mol. The molecule has 5 heteroatoms. The van der Waals surface area contributed by atoms with Gasteiger partial charge in [-0.05, 0) is 104 Å². The number of fused-ring (bicyclic) bond motifs is 3. The summed E-state index contributed by atoms with van der Waals surface area (Å²) in [5, 5.41) is 2.06. The summed E-state index contributed by atoms with van der Waals surface area (Å²) in [7, 11) is 0. The van der Waals surface area contributed by atoms with Crippen molar-refractivity contribution in [3.63, 3.8) is 0 Å². The Kier molecular flexibility index (Phi) is 10.8. The molecule has 8 rings (SSSR count). The van der Waals surface area contributed by atoms with Crippen LogP contribution in [0.5, 0.6) is 0 Å². The molecule has 0 bridgehead atoms. The molecule has 0 spiro atoms. The topological polar surface area (TPSA) is 51.8 Å². The molecule has 0 saturated heterocycles. The Morgan fingerprint density at radius 3 is 2.16 bits per heavy atom. The van der Waals surface area contributed by atoms with Gasteiger partial charge in [-0.1, -0.05) is 77.2 Å². The van der Waals surface area contributed by atoms with Crippen LogP contribution in [0.2, 0.25) is 0 Å². The Morgan fingerprint density at radius 2 is 1.42 bits per heavy atom. The van der Waals surface area contributed by atoms with Crippen molar-refractivity contribution >= 4 is 22.1 Å². The summed E-state index contributed by atoms with van der Waals surface area (Å²) in [6.07, 6.45) is 5.56. The smallest absolute Gasteiger partial charge is 0.216 e. The summed E-state index contributed by atoms with van der Waals surface area (Å²) in [4.78, 5) is 13.9. The Bertz CT molecular complexity index is 2310. The minimum absolute atomic E-state index is 0. The van der Waals surface area contributed by atoms with Gasteiger partial charge in [-0.15, -0.1) is 54.1 Å². The minimum Gasteiger partial charge on any atom is -0.486 e. The largest absolute Gasteiger partial charge is 0.486 e. The zero-order valence-corrected chi connectivity index (χ0v) is 31.0. The molecule has 4 aromatic heterocycles. The predicted molar refractivity (Wildman–Crippen MR) is 200 cm³/mol. The van der Waals surface area contributed by atoms with E-state index in [0.717, 1.165) is 63.0 Å². The van der Waals surface area contributed by atoms with Gasteiger partial charge in [0.1, 0.15) is 0 Å². The van der Waals surface area contributed by atoms with Crippen molar-refractivity contribution in [1.82, 2.24) is 15.0 Å². The molecule has 0 aliphatic heterocycles. The minimum atomic E-state index is 0. The summed E-state index contributed by atoms with van der Waals surface area (Å²) in [5.74, 6) is 0. The van der Waals surface area contributed by atoms with Crippen LogP contribution < -0.4 is 0 Å². The van der Waals surface area contributed by atoms with Gasteiger partial charge in [0, 0.05) is 43.6 Å². The molecule has 4 aromatic carbocycles. The molecule has 4 nitrogen and oxygen atoms in total. The Labute approximate surface area is 307 Å². The first-order chi connectivity index (χ1) is 23.9. The molecule has 4 heterocycles. The van der Waals surface area contributed by atoms with Crippen molar-refractivity contribution in [2.45, 2.75) is 40.5 Å². The zero-order chi connectivity index (χ0) is 33.7. The van der Waals surface area contributed by atoms with E-state index in [1.165, 1.54) is 33.4 Å². The maximum atomic E-state index is 6.39. The second-order valence-corrected chi connectivity index (χ2v) is 12.5. The fourth-order valence-corrected chi connectivity index (χ4v) is 6.52. The summed E-state index contributed by atoms with van der Waals surface area (Å²) in [6, 6.07) is 45.7. The fraction of sp³-hybridized carbons (Fsp3) is 0.133. The van der Waals surface area contributed by atoms with Crippen molar-refractivity contribution < 1.29 is 24.5 Å². The summed E-state index contributed by atoms with van der Waals surface area (Å²) in [5.41, 5.74) is 15.0. The standard InChI is InChI=1S/C34H29N2O.C11H8N.Ir/c1-21-17-22(2)32(23(3)18-21)30-19-31(35-20-24(30)4)29-12-8-11-27-28-16-15-26(36-34(28)37-33(27)29)14-13-25-9-6-5-7-10-25;1-2-6-10(7-3-1)11-8-4-5-9-12-11;/h5-11,15-20H,13-14H2,1-4H3;1-6,8-9H;/q2*-1;. The second-order valence-electron chi connectivity index (χ2n) is 12.5. The van der Waals surface area contributed by atoms with Crippen molar-refractivity contribution in [1.29, 1.82) is 0 Å². The first-order valence-corrected chi connectivity index (χ1v) is 16.6. The molecule has 249 valence electrons. The van der Waals surface area contributed by atoms with Crippen molar-refractivity contribution in [2.75, 3.05) is 0 Å². The van der Waals surface area contributed by atoms with Crippen LogP contribution in [0.25, 0.3) is 55.7 Å². The summed E-state index contributed by atoms with van der Waals surface area (Å²) in [6.45, 7) is 8.63. The first-order valence-electron chi connectivity index (χ1n) is 16.6. The van der Waals surface area contributed by atoms with Gasteiger partial charge in [-0.2, -0.15) is 0 Å². The number of benzene rings is 4. The number of aromatic nitrogens is 3. The van der Waals surface area contributed by atoms with Crippen LogP contribution in [0.4, 0.5) is 0 Å². The van der Waals surface area contributed by atoms with Gasteiger partial charge in [0.25, 0.3) is 0 Å². The molecule has 0 saturated carbocycles. The van der Waals surface area contributed by atoms with Crippen molar-refractivity contribution in [2.24, 2.45) is 0 Å². The number of aryl methyl sites for hydroxylation is 6. The Morgan fingerprint density at radius 1 is 0.640 bits per heavy atom. The first kappa shape index (κ1) is 34.6. The van der Waals surface area contributed by atoms with Gasteiger partial charge in [-0.25, -0.2) is 4.98 Å². The molecule has 50 heavy (non-hydrogen) atoms. The third-order valence-corrected chi connectivity index (χ3v) is 8.82. The van der Waals surface area contributed by atoms with Crippen molar-refractivity contribution in [3.8, 4) is 33.6 Å². The number of hydrogen-bond acceptors (Lipinski definition) is 4. The number of nitrogens with zero attached hydrogens (tertiary/aromatic N) is 3. The summed E-state index contributed by atoms with van der Waals surface area (Å²) < 4.78 is 6.39. The quantitative estimate of drug-likeness (QED) is 0.157. The van der Waals surface area contributed by atoms with Gasteiger partial charge in [-0.3, -0.25) is 0 Å². The Hall–Kier alpha value is -5.22. The van der Waals surface area contributed by atoms with E-state index in [1.54, 1.807) is 6.20 Å². The number of furan rings is 1. The average Bonchev–Trinajstić information content (AvgIpc) is 3.51. The molecule has 0 N–H and O–H groups in total. The van der Waals surface area contributed by atoms with Crippen molar-refractivity contribution in [3.05, 3.63) is 173 Å². The molecule has 0 aliphatic carbocycles.